The summed E-state index contributed by atoms with van der Waals surface area (Å²) in [5.41, 5.74) is 0.585. The van der Waals surface area contributed by atoms with Gasteiger partial charge in [0.1, 0.15) is 0 Å². The van der Waals surface area contributed by atoms with Crippen LogP contribution in [0.4, 0.5) is 0 Å². The number of aliphatic hydroxyl groups excluding tert-OH is 1. The first-order valence-corrected chi connectivity index (χ1v) is 8.47. The summed E-state index contributed by atoms with van der Waals surface area (Å²) in [5, 5.41) is 13.0. The van der Waals surface area contributed by atoms with Crippen molar-refractivity contribution in [3.8, 4) is 0 Å². The predicted octanol–water partition coefficient (Wildman–Crippen LogP) is 1.63. The van der Waals surface area contributed by atoms with Gasteiger partial charge in [-0.15, -0.1) is 0 Å². The van der Waals surface area contributed by atoms with E-state index in [0.29, 0.717) is 18.7 Å². The van der Waals surface area contributed by atoms with Gasteiger partial charge in [0.15, 0.2) is 6.10 Å². The topological polar surface area (TPSA) is 69.6 Å². The molecule has 0 aromatic heterocycles. The van der Waals surface area contributed by atoms with Crippen molar-refractivity contribution < 1.29 is 14.7 Å². The molecule has 2 N–H and O–H groups in total. The molecule has 0 bridgehead atoms. The van der Waals surface area contributed by atoms with Crippen LogP contribution in [0.25, 0.3) is 0 Å². The van der Waals surface area contributed by atoms with Crippen LogP contribution in [-0.4, -0.2) is 41.0 Å². The van der Waals surface area contributed by atoms with E-state index in [1.165, 1.54) is 0 Å². The van der Waals surface area contributed by atoms with E-state index in [0.717, 1.165) is 32.1 Å². The molecule has 0 spiro atoms. The first-order valence-electron chi connectivity index (χ1n) is 8.47. The summed E-state index contributed by atoms with van der Waals surface area (Å²) in [7, 11) is 0. The molecule has 2 amide bonds. The SMILES string of the molecule is O=C(N[C@@H]1CCN(C(=O)C2CCCC2)C1)[C@H](O)c1ccccc1. The summed E-state index contributed by atoms with van der Waals surface area (Å²) >= 11 is 0. The van der Waals surface area contributed by atoms with Gasteiger partial charge in [-0.05, 0) is 24.8 Å². The maximum Gasteiger partial charge on any atom is 0.253 e. The highest BCUT2D eigenvalue weighted by molar-refractivity contribution is 5.83. The van der Waals surface area contributed by atoms with Gasteiger partial charge in [0.05, 0.1) is 0 Å². The van der Waals surface area contributed by atoms with E-state index in [1.807, 2.05) is 11.0 Å². The van der Waals surface area contributed by atoms with Crippen molar-refractivity contribution in [1.82, 2.24) is 10.2 Å². The molecule has 1 saturated carbocycles. The van der Waals surface area contributed by atoms with Gasteiger partial charge in [-0.1, -0.05) is 43.2 Å². The Kier molecular flexibility index (Phi) is 4.96. The monoisotopic (exact) mass is 316 g/mol. The zero-order valence-corrected chi connectivity index (χ0v) is 13.3. The van der Waals surface area contributed by atoms with Crippen molar-refractivity contribution in [2.24, 2.45) is 5.92 Å². The Morgan fingerprint density at radius 2 is 1.83 bits per heavy atom. The predicted molar refractivity (Wildman–Crippen MR) is 86.5 cm³/mol. The average Bonchev–Trinajstić information content (AvgIpc) is 3.26. The van der Waals surface area contributed by atoms with Crippen LogP contribution in [0.15, 0.2) is 30.3 Å². The molecule has 3 rings (SSSR count). The number of hydrogen-bond donors (Lipinski definition) is 2. The number of hydrogen-bond acceptors (Lipinski definition) is 3. The van der Waals surface area contributed by atoms with Crippen LogP contribution >= 0.6 is 0 Å². The van der Waals surface area contributed by atoms with Gasteiger partial charge in [0.25, 0.3) is 5.91 Å². The van der Waals surface area contributed by atoms with Crippen LogP contribution in [-0.2, 0) is 9.59 Å². The van der Waals surface area contributed by atoms with Crippen LogP contribution in [0.5, 0.6) is 0 Å². The Bertz CT molecular complexity index is 555. The maximum atomic E-state index is 12.4. The molecule has 1 aromatic carbocycles. The number of carbonyl (C=O) groups excluding carboxylic acids is 2. The molecular formula is C18H24N2O3. The first kappa shape index (κ1) is 16.0. The number of carbonyl (C=O) groups is 2. The second-order valence-corrected chi connectivity index (χ2v) is 6.57. The van der Waals surface area contributed by atoms with Crippen molar-refractivity contribution in [3.05, 3.63) is 35.9 Å². The van der Waals surface area contributed by atoms with Crippen LogP contribution in [0.2, 0.25) is 0 Å². The lowest BCUT2D eigenvalue weighted by Crippen LogP contribution is -2.41. The second kappa shape index (κ2) is 7.13. The highest BCUT2D eigenvalue weighted by Crippen LogP contribution is 2.28. The molecular weight excluding hydrogens is 292 g/mol. The van der Waals surface area contributed by atoms with E-state index < -0.39 is 12.0 Å². The highest BCUT2D eigenvalue weighted by atomic mass is 16.3. The van der Waals surface area contributed by atoms with Gasteiger partial charge in [0, 0.05) is 25.0 Å². The first-order chi connectivity index (χ1) is 11.1. The fraction of sp³-hybridized carbons (Fsp3) is 0.556. The van der Waals surface area contributed by atoms with Crippen molar-refractivity contribution in [2.75, 3.05) is 13.1 Å². The van der Waals surface area contributed by atoms with Gasteiger partial charge < -0.3 is 15.3 Å². The highest BCUT2D eigenvalue weighted by Gasteiger charge is 2.33. The Hall–Kier alpha value is -1.88. The number of aliphatic hydroxyl groups is 1. The molecule has 1 saturated heterocycles. The van der Waals surface area contributed by atoms with Crippen molar-refractivity contribution in [2.45, 2.75) is 44.2 Å². The molecule has 1 aliphatic heterocycles. The zero-order chi connectivity index (χ0) is 16.2. The summed E-state index contributed by atoms with van der Waals surface area (Å²) in [4.78, 5) is 26.4. The molecule has 5 nitrogen and oxygen atoms in total. The third kappa shape index (κ3) is 3.72. The third-order valence-corrected chi connectivity index (χ3v) is 4.91. The van der Waals surface area contributed by atoms with E-state index in [2.05, 4.69) is 5.32 Å². The van der Waals surface area contributed by atoms with Crippen molar-refractivity contribution in [3.63, 3.8) is 0 Å². The fourth-order valence-electron chi connectivity index (χ4n) is 3.58. The Morgan fingerprint density at radius 1 is 1.13 bits per heavy atom. The molecule has 124 valence electrons. The minimum atomic E-state index is -1.16. The van der Waals surface area contributed by atoms with Gasteiger partial charge in [0.2, 0.25) is 5.91 Å². The van der Waals surface area contributed by atoms with Gasteiger partial charge in [-0.2, -0.15) is 0 Å². The smallest absolute Gasteiger partial charge is 0.253 e. The lowest BCUT2D eigenvalue weighted by atomic mass is 10.1. The Labute approximate surface area is 136 Å². The summed E-state index contributed by atoms with van der Waals surface area (Å²) in [6.45, 7) is 1.25. The Morgan fingerprint density at radius 3 is 2.52 bits per heavy atom. The van der Waals surface area contributed by atoms with Crippen LogP contribution < -0.4 is 5.32 Å². The van der Waals surface area contributed by atoms with Gasteiger partial charge >= 0.3 is 0 Å². The maximum absolute atomic E-state index is 12.4. The molecule has 1 aliphatic carbocycles. The van der Waals surface area contributed by atoms with Gasteiger partial charge in [-0.3, -0.25) is 9.59 Å². The summed E-state index contributed by atoms with van der Waals surface area (Å²) in [6.07, 6.45) is 3.89. The third-order valence-electron chi connectivity index (χ3n) is 4.91. The number of nitrogens with zero attached hydrogens (tertiary/aromatic N) is 1. The molecule has 1 aromatic rings. The standard InChI is InChI=1S/C18H24N2O3/c21-16(13-6-2-1-3-7-13)17(22)19-15-10-11-20(12-15)18(23)14-8-4-5-9-14/h1-3,6-7,14-16,21H,4-5,8-12H2,(H,19,22)/t15-,16-/m1/s1. The lowest BCUT2D eigenvalue weighted by Gasteiger charge is -2.21. The average molecular weight is 316 g/mol. The van der Waals surface area contributed by atoms with E-state index in [9.17, 15) is 14.7 Å². The number of rotatable bonds is 4. The molecule has 1 heterocycles. The minimum Gasteiger partial charge on any atom is -0.378 e. The minimum absolute atomic E-state index is 0.0637. The molecule has 2 atom stereocenters. The van der Waals surface area contributed by atoms with Crippen LogP contribution in [0, 0.1) is 5.92 Å². The number of likely N-dealkylation sites (tertiary alicyclic amines) is 1. The van der Waals surface area contributed by atoms with Crippen molar-refractivity contribution in [1.29, 1.82) is 0 Å². The fourth-order valence-corrected chi connectivity index (χ4v) is 3.58. The Balaban J connectivity index is 1.51. The number of amides is 2. The summed E-state index contributed by atoms with van der Waals surface area (Å²) in [5.74, 6) is 0.0265. The van der Waals surface area contributed by atoms with Gasteiger partial charge in [-0.25, -0.2) is 0 Å². The molecule has 5 heteroatoms. The molecule has 2 fully saturated rings. The lowest BCUT2D eigenvalue weighted by molar-refractivity contribution is -0.135. The normalized spacial score (nSPS) is 23.0. The number of nitrogens with one attached hydrogen (secondary N) is 1. The van der Waals surface area contributed by atoms with E-state index in [1.54, 1.807) is 24.3 Å². The van der Waals surface area contributed by atoms with E-state index in [4.69, 9.17) is 0 Å². The van der Waals surface area contributed by atoms with Crippen LogP contribution in [0.1, 0.15) is 43.8 Å². The largest absolute Gasteiger partial charge is 0.378 e. The molecule has 0 unspecified atom stereocenters. The molecule has 23 heavy (non-hydrogen) atoms. The van der Waals surface area contributed by atoms with E-state index >= 15 is 0 Å². The second-order valence-electron chi connectivity index (χ2n) is 6.57. The summed E-state index contributed by atoms with van der Waals surface area (Å²) < 4.78 is 0. The zero-order valence-electron chi connectivity index (χ0n) is 13.3. The quantitative estimate of drug-likeness (QED) is 0.887. The number of benzene rings is 1. The molecule has 2 aliphatic rings. The van der Waals surface area contributed by atoms with Crippen molar-refractivity contribution >= 4 is 11.8 Å². The summed E-state index contributed by atoms with van der Waals surface area (Å²) in [6, 6.07) is 8.83. The molecule has 0 radical (unpaired) electrons. The van der Waals surface area contributed by atoms with Crippen LogP contribution in [0.3, 0.4) is 0 Å². The van der Waals surface area contributed by atoms with E-state index in [-0.39, 0.29) is 17.9 Å².